The first kappa shape index (κ1) is 18.2. The predicted octanol–water partition coefficient (Wildman–Crippen LogP) is 3.65. The first-order valence-electron chi connectivity index (χ1n) is 8.59. The number of para-hydroxylation sites is 1. The van der Waals surface area contributed by atoms with Crippen LogP contribution in [0, 0.1) is 0 Å². The van der Waals surface area contributed by atoms with E-state index < -0.39 is 0 Å². The predicted molar refractivity (Wildman–Crippen MR) is 105 cm³/mol. The molecule has 138 valence electrons. The molecule has 1 aromatic heterocycles. The van der Waals surface area contributed by atoms with Crippen LogP contribution >= 0.6 is 0 Å². The number of nitrogens with one attached hydrogen (secondary N) is 3. The van der Waals surface area contributed by atoms with E-state index in [0.717, 1.165) is 5.69 Å². The lowest BCUT2D eigenvalue weighted by atomic mass is 10.2. The van der Waals surface area contributed by atoms with Crippen LogP contribution in [0.5, 0.6) is 0 Å². The van der Waals surface area contributed by atoms with Crippen LogP contribution in [-0.2, 0) is 0 Å². The standard InChI is InChI=1S/C20H21N5O2/c1-14(2)22-20(27)24-16-10-8-15(9-11-16)23-19(26)18-12-21-13-25(18)17-6-4-3-5-7-17/h3-14H,1-2H3,(H,23,26)(H2,22,24,27). The lowest BCUT2D eigenvalue weighted by Gasteiger charge is -2.11. The number of hydrogen-bond donors (Lipinski definition) is 3. The molecule has 3 aromatic rings. The second-order valence-corrected chi connectivity index (χ2v) is 6.27. The number of nitrogens with zero attached hydrogens (tertiary/aromatic N) is 2. The minimum atomic E-state index is -0.270. The summed E-state index contributed by atoms with van der Waals surface area (Å²) in [5, 5.41) is 8.32. The summed E-state index contributed by atoms with van der Waals surface area (Å²) in [5.74, 6) is -0.269. The normalized spacial score (nSPS) is 10.5. The minimum absolute atomic E-state index is 0.0537. The Morgan fingerprint density at radius 3 is 2.19 bits per heavy atom. The first-order chi connectivity index (χ1) is 13.0. The van der Waals surface area contributed by atoms with E-state index in [4.69, 9.17) is 0 Å². The molecule has 7 nitrogen and oxygen atoms in total. The van der Waals surface area contributed by atoms with Crippen molar-refractivity contribution in [3.63, 3.8) is 0 Å². The van der Waals surface area contributed by atoms with E-state index in [0.29, 0.717) is 17.1 Å². The Bertz CT molecular complexity index is 917. The Balaban J connectivity index is 1.67. The molecule has 0 saturated carbocycles. The minimum Gasteiger partial charge on any atom is -0.336 e. The maximum atomic E-state index is 12.6. The van der Waals surface area contributed by atoms with E-state index in [9.17, 15) is 9.59 Å². The number of benzene rings is 2. The summed E-state index contributed by atoms with van der Waals surface area (Å²) in [6.45, 7) is 3.77. The molecule has 3 N–H and O–H groups in total. The molecule has 0 unspecified atom stereocenters. The molecule has 0 bridgehead atoms. The van der Waals surface area contributed by atoms with E-state index in [1.807, 2.05) is 44.2 Å². The van der Waals surface area contributed by atoms with Crippen molar-refractivity contribution in [2.45, 2.75) is 19.9 Å². The number of aromatic nitrogens is 2. The lowest BCUT2D eigenvalue weighted by molar-refractivity contribution is 0.102. The van der Waals surface area contributed by atoms with Gasteiger partial charge in [-0.15, -0.1) is 0 Å². The number of imidazole rings is 1. The van der Waals surface area contributed by atoms with Crippen molar-refractivity contribution in [3.8, 4) is 5.69 Å². The smallest absolute Gasteiger partial charge is 0.319 e. The van der Waals surface area contributed by atoms with Gasteiger partial charge in [-0.25, -0.2) is 9.78 Å². The SMILES string of the molecule is CC(C)NC(=O)Nc1ccc(NC(=O)c2cncn2-c2ccccc2)cc1. The van der Waals surface area contributed by atoms with E-state index in [-0.39, 0.29) is 18.0 Å². The van der Waals surface area contributed by atoms with Gasteiger partial charge in [-0.2, -0.15) is 0 Å². The van der Waals surface area contributed by atoms with Crippen LogP contribution in [0.4, 0.5) is 16.2 Å². The van der Waals surface area contributed by atoms with E-state index in [1.165, 1.54) is 6.20 Å². The zero-order valence-corrected chi connectivity index (χ0v) is 15.1. The van der Waals surface area contributed by atoms with Crippen molar-refractivity contribution in [2.24, 2.45) is 0 Å². The van der Waals surface area contributed by atoms with Gasteiger partial charge < -0.3 is 16.0 Å². The third kappa shape index (κ3) is 4.72. The molecular weight excluding hydrogens is 342 g/mol. The van der Waals surface area contributed by atoms with Crippen LogP contribution in [0.15, 0.2) is 67.1 Å². The van der Waals surface area contributed by atoms with Crippen molar-refractivity contribution in [1.29, 1.82) is 0 Å². The van der Waals surface area contributed by atoms with Crippen molar-refractivity contribution in [1.82, 2.24) is 14.9 Å². The van der Waals surface area contributed by atoms with Crippen LogP contribution in [-0.4, -0.2) is 27.5 Å². The van der Waals surface area contributed by atoms with Gasteiger partial charge in [0, 0.05) is 23.1 Å². The number of carbonyl (C=O) groups excluding carboxylic acids is 2. The highest BCUT2D eigenvalue weighted by Crippen LogP contribution is 2.16. The molecule has 7 heteroatoms. The maximum absolute atomic E-state index is 12.6. The summed E-state index contributed by atoms with van der Waals surface area (Å²) >= 11 is 0. The molecule has 0 saturated heterocycles. The fourth-order valence-electron chi connectivity index (χ4n) is 2.52. The van der Waals surface area contributed by atoms with E-state index in [1.54, 1.807) is 35.2 Å². The summed E-state index contributed by atoms with van der Waals surface area (Å²) in [6.07, 6.45) is 3.12. The Kier molecular flexibility index (Phi) is 5.51. The highest BCUT2D eigenvalue weighted by atomic mass is 16.2. The van der Waals surface area contributed by atoms with Crippen molar-refractivity contribution >= 4 is 23.3 Å². The topological polar surface area (TPSA) is 88.1 Å². The molecule has 0 aliphatic carbocycles. The fraction of sp³-hybridized carbons (Fsp3) is 0.150. The third-order valence-corrected chi connectivity index (χ3v) is 3.73. The average Bonchev–Trinajstić information content (AvgIpc) is 3.13. The highest BCUT2D eigenvalue weighted by molar-refractivity contribution is 6.03. The van der Waals surface area contributed by atoms with Gasteiger partial charge in [-0.3, -0.25) is 9.36 Å². The second-order valence-electron chi connectivity index (χ2n) is 6.27. The number of rotatable bonds is 5. The van der Waals surface area contributed by atoms with Gasteiger partial charge in [0.05, 0.1) is 12.5 Å². The van der Waals surface area contributed by atoms with Crippen LogP contribution in [0.2, 0.25) is 0 Å². The second kappa shape index (κ2) is 8.18. The highest BCUT2D eigenvalue weighted by Gasteiger charge is 2.13. The van der Waals surface area contributed by atoms with Gasteiger partial charge in [-0.05, 0) is 50.2 Å². The number of amides is 3. The van der Waals surface area contributed by atoms with Crippen LogP contribution in [0.25, 0.3) is 5.69 Å². The molecule has 0 aliphatic heterocycles. The lowest BCUT2D eigenvalue weighted by Crippen LogP contribution is -2.34. The Morgan fingerprint density at radius 1 is 0.926 bits per heavy atom. The summed E-state index contributed by atoms with van der Waals surface area (Å²) in [7, 11) is 0. The molecule has 0 spiro atoms. The fourth-order valence-corrected chi connectivity index (χ4v) is 2.52. The van der Waals surface area contributed by atoms with Crippen molar-refractivity contribution < 1.29 is 9.59 Å². The molecular formula is C20H21N5O2. The molecule has 0 aliphatic rings. The number of carbonyl (C=O) groups is 2. The van der Waals surface area contributed by atoms with Crippen molar-refractivity contribution in [3.05, 3.63) is 72.8 Å². The zero-order valence-electron chi connectivity index (χ0n) is 15.1. The third-order valence-electron chi connectivity index (χ3n) is 3.73. The largest absolute Gasteiger partial charge is 0.336 e. The first-order valence-corrected chi connectivity index (χ1v) is 8.59. The molecule has 2 aromatic carbocycles. The molecule has 3 amide bonds. The average molecular weight is 363 g/mol. The number of hydrogen-bond acceptors (Lipinski definition) is 3. The monoisotopic (exact) mass is 363 g/mol. The summed E-state index contributed by atoms with van der Waals surface area (Å²) in [5.41, 5.74) is 2.55. The van der Waals surface area contributed by atoms with Gasteiger partial charge in [-0.1, -0.05) is 18.2 Å². The number of anilines is 2. The van der Waals surface area contributed by atoms with Crippen LogP contribution in [0.1, 0.15) is 24.3 Å². The van der Waals surface area contributed by atoms with Crippen LogP contribution in [0.3, 0.4) is 0 Å². The summed E-state index contributed by atoms with van der Waals surface area (Å²) < 4.78 is 1.72. The zero-order chi connectivity index (χ0) is 19.2. The Labute approximate surface area is 157 Å². The quantitative estimate of drug-likeness (QED) is 0.646. The van der Waals surface area contributed by atoms with Gasteiger partial charge in [0.15, 0.2) is 0 Å². The van der Waals surface area contributed by atoms with Crippen LogP contribution < -0.4 is 16.0 Å². The van der Waals surface area contributed by atoms with Gasteiger partial charge in [0.2, 0.25) is 0 Å². The molecule has 0 atom stereocenters. The van der Waals surface area contributed by atoms with E-state index >= 15 is 0 Å². The van der Waals surface area contributed by atoms with Gasteiger partial charge >= 0.3 is 6.03 Å². The molecule has 27 heavy (non-hydrogen) atoms. The molecule has 0 radical (unpaired) electrons. The Hall–Kier alpha value is -3.61. The number of urea groups is 1. The molecule has 0 fully saturated rings. The molecule has 1 heterocycles. The molecule has 3 rings (SSSR count). The Morgan fingerprint density at radius 2 is 1.56 bits per heavy atom. The summed E-state index contributed by atoms with van der Waals surface area (Å²) in [6, 6.07) is 16.2. The van der Waals surface area contributed by atoms with E-state index in [2.05, 4.69) is 20.9 Å². The van der Waals surface area contributed by atoms with Gasteiger partial charge in [0.1, 0.15) is 5.69 Å². The van der Waals surface area contributed by atoms with Crippen molar-refractivity contribution in [2.75, 3.05) is 10.6 Å². The van der Waals surface area contributed by atoms with Gasteiger partial charge in [0.25, 0.3) is 5.91 Å². The summed E-state index contributed by atoms with van der Waals surface area (Å²) in [4.78, 5) is 28.4. The maximum Gasteiger partial charge on any atom is 0.319 e.